The highest BCUT2D eigenvalue weighted by molar-refractivity contribution is 7.91. The van der Waals surface area contributed by atoms with E-state index in [2.05, 4.69) is 5.32 Å². The third kappa shape index (κ3) is 4.77. The lowest BCUT2D eigenvalue weighted by Crippen LogP contribution is -2.32. The highest BCUT2D eigenvalue weighted by Gasteiger charge is 2.30. The van der Waals surface area contributed by atoms with Gasteiger partial charge in [-0.05, 0) is 48.4 Å². The van der Waals surface area contributed by atoms with E-state index < -0.39 is 9.84 Å². The summed E-state index contributed by atoms with van der Waals surface area (Å²) in [5, 5.41) is 3.51. The highest BCUT2D eigenvalue weighted by Crippen LogP contribution is 2.24. The Bertz CT molecular complexity index is 880. The van der Waals surface area contributed by atoms with Crippen molar-refractivity contribution in [3.8, 4) is 0 Å². The number of rotatable bonds is 5. The van der Waals surface area contributed by atoms with Crippen molar-refractivity contribution in [2.45, 2.75) is 18.9 Å². The topological polar surface area (TPSA) is 66.5 Å². The number of benzene rings is 2. The summed E-state index contributed by atoms with van der Waals surface area (Å²) in [6.45, 7) is 0. The van der Waals surface area contributed by atoms with Gasteiger partial charge in [-0.3, -0.25) is 4.79 Å². The Morgan fingerprint density at radius 3 is 2.38 bits per heavy atom. The molecule has 1 amide bonds. The second kappa shape index (κ2) is 7.68. The first-order chi connectivity index (χ1) is 12.3. The van der Waals surface area contributed by atoms with Gasteiger partial charge >= 0.3 is 0 Å². The molecule has 2 aromatic rings. The molecule has 1 fully saturated rings. The molecule has 0 radical (unpaired) electrons. The average molecular weight is 393 g/mol. The average Bonchev–Trinajstić information content (AvgIpc) is 2.97. The maximum absolute atomic E-state index is 12.1. The van der Waals surface area contributed by atoms with Gasteiger partial charge in [0, 0.05) is 29.5 Å². The summed E-state index contributed by atoms with van der Waals surface area (Å²) >= 11 is 5.84. The second-order valence-electron chi connectivity index (χ2n) is 6.57. The fraction of sp³-hybridized carbons (Fsp3) is 0.316. The summed E-state index contributed by atoms with van der Waals surface area (Å²) in [6.07, 6.45) is 0.928. The Morgan fingerprint density at radius 2 is 1.81 bits per heavy atom. The molecule has 3 rings (SSSR count). The SMILES string of the molecule is CN(c1ccc(NC(=O)Cc2ccc(Cl)cc2)cc1)C1CCS(=O)(=O)C1. The van der Waals surface area contributed by atoms with Crippen molar-refractivity contribution in [2.75, 3.05) is 28.8 Å². The van der Waals surface area contributed by atoms with Crippen molar-refractivity contribution in [1.29, 1.82) is 0 Å². The smallest absolute Gasteiger partial charge is 0.228 e. The summed E-state index contributed by atoms with van der Waals surface area (Å²) in [5.41, 5.74) is 2.54. The summed E-state index contributed by atoms with van der Waals surface area (Å²) in [4.78, 5) is 14.1. The molecule has 5 nitrogen and oxygen atoms in total. The van der Waals surface area contributed by atoms with E-state index in [1.165, 1.54) is 0 Å². The van der Waals surface area contributed by atoms with Crippen molar-refractivity contribution in [2.24, 2.45) is 0 Å². The summed E-state index contributed by atoms with van der Waals surface area (Å²) < 4.78 is 23.3. The van der Waals surface area contributed by atoms with E-state index in [-0.39, 0.29) is 29.9 Å². The zero-order valence-corrected chi connectivity index (χ0v) is 16.1. The quantitative estimate of drug-likeness (QED) is 0.848. The Hall–Kier alpha value is -2.05. The number of carbonyl (C=O) groups excluding carboxylic acids is 1. The van der Waals surface area contributed by atoms with E-state index in [0.717, 1.165) is 11.3 Å². The lowest BCUT2D eigenvalue weighted by atomic mass is 10.1. The van der Waals surface area contributed by atoms with Gasteiger partial charge in [0.05, 0.1) is 17.9 Å². The standard InChI is InChI=1S/C19H21ClN2O3S/c1-22(18-10-11-26(24,25)13-18)17-8-6-16(7-9-17)21-19(23)12-14-2-4-15(20)5-3-14/h2-9,18H,10-13H2,1H3,(H,21,23). The molecule has 7 heteroatoms. The van der Waals surface area contributed by atoms with Crippen molar-refractivity contribution in [3.05, 3.63) is 59.1 Å². The molecule has 0 saturated carbocycles. The Labute approximate surface area is 158 Å². The molecule has 0 spiro atoms. The van der Waals surface area contributed by atoms with Crippen LogP contribution < -0.4 is 10.2 Å². The van der Waals surface area contributed by atoms with Crippen LogP contribution in [0, 0.1) is 0 Å². The molecule has 1 aliphatic heterocycles. The molecule has 0 aromatic heterocycles. The number of halogens is 1. The Kier molecular flexibility index (Phi) is 5.53. The summed E-state index contributed by atoms with van der Waals surface area (Å²) in [5.74, 6) is 0.347. The van der Waals surface area contributed by atoms with E-state index >= 15 is 0 Å². The minimum atomic E-state index is -2.91. The minimum Gasteiger partial charge on any atom is -0.371 e. The number of carbonyl (C=O) groups is 1. The molecule has 138 valence electrons. The van der Waals surface area contributed by atoms with Crippen LogP contribution in [0.1, 0.15) is 12.0 Å². The van der Waals surface area contributed by atoms with Crippen LogP contribution in [0.4, 0.5) is 11.4 Å². The Morgan fingerprint density at radius 1 is 1.15 bits per heavy atom. The van der Waals surface area contributed by atoms with Crippen molar-refractivity contribution >= 4 is 38.7 Å². The van der Waals surface area contributed by atoms with E-state index in [9.17, 15) is 13.2 Å². The number of nitrogens with zero attached hydrogens (tertiary/aromatic N) is 1. The minimum absolute atomic E-state index is 0.00495. The summed E-state index contributed by atoms with van der Waals surface area (Å²) in [7, 11) is -1.01. The number of nitrogens with one attached hydrogen (secondary N) is 1. The van der Waals surface area contributed by atoms with Gasteiger partial charge in [0.25, 0.3) is 0 Å². The predicted molar refractivity (Wildman–Crippen MR) is 106 cm³/mol. The third-order valence-electron chi connectivity index (χ3n) is 4.59. The number of amides is 1. The number of hydrogen-bond donors (Lipinski definition) is 1. The third-order valence-corrected chi connectivity index (χ3v) is 6.59. The zero-order valence-electron chi connectivity index (χ0n) is 14.5. The van der Waals surface area contributed by atoms with Gasteiger partial charge < -0.3 is 10.2 Å². The van der Waals surface area contributed by atoms with Crippen LogP contribution >= 0.6 is 11.6 Å². The Balaban J connectivity index is 1.58. The van der Waals surface area contributed by atoms with E-state index in [1.54, 1.807) is 12.1 Å². The van der Waals surface area contributed by atoms with Crippen molar-refractivity contribution in [1.82, 2.24) is 0 Å². The van der Waals surface area contributed by atoms with Crippen LogP contribution in [0.2, 0.25) is 5.02 Å². The lowest BCUT2D eigenvalue weighted by molar-refractivity contribution is -0.115. The first-order valence-corrected chi connectivity index (χ1v) is 10.6. The van der Waals surface area contributed by atoms with Crippen LogP contribution in [-0.4, -0.2) is 38.9 Å². The molecular formula is C19H21ClN2O3S. The van der Waals surface area contributed by atoms with Gasteiger partial charge in [0.15, 0.2) is 9.84 Å². The molecule has 2 aromatic carbocycles. The maximum atomic E-state index is 12.1. The maximum Gasteiger partial charge on any atom is 0.228 e. The molecule has 1 saturated heterocycles. The largest absolute Gasteiger partial charge is 0.371 e. The normalized spacial score (nSPS) is 18.5. The molecule has 1 aliphatic rings. The number of anilines is 2. The van der Waals surface area contributed by atoms with E-state index in [4.69, 9.17) is 11.6 Å². The van der Waals surface area contributed by atoms with Gasteiger partial charge in [0.1, 0.15) is 0 Å². The van der Waals surface area contributed by atoms with Gasteiger partial charge in [-0.15, -0.1) is 0 Å². The predicted octanol–water partition coefficient (Wildman–Crippen LogP) is 3.14. The van der Waals surface area contributed by atoms with Crippen LogP contribution in [0.3, 0.4) is 0 Å². The van der Waals surface area contributed by atoms with Gasteiger partial charge in [-0.1, -0.05) is 23.7 Å². The monoisotopic (exact) mass is 392 g/mol. The zero-order chi connectivity index (χ0) is 18.7. The first-order valence-electron chi connectivity index (χ1n) is 8.40. The first kappa shape index (κ1) is 18.7. The van der Waals surface area contributed by atoms with Crippen LogP contribution in [-0.2, 0) is 21.1 Å². The molecule has 1 N–H and O–H groups in total. The molecule has 1 unspecified atom stereocenters. The van der Waals surface area contributed by atoms with Gasteiger partial charge in [0.2, 0.25) is 5.91 Å². The van der Waals surface area contributed by atoms with Crippen LogP contribution in [0.5, 0.6) is 0 Å². The van der Waals surface area contributed by atoms with E-state index in [1.807, 2.05) is 48.3 Å². The molecule has 1 atom stereocenters. The number of sulfone groups is 1. The summed E-state index contributed by atoms with van der Waals surface area (Å²) in [6, 6.07) is 14.6. The molecule has 26 heavy (non-hydrogen) atoms. The van der Waals surface area contributed by atoms with Crippen LogP contribution in [0.15, 0.2) is 48.5 Å². The lowest BCUT2D eigenvalue weighted by Gasteiger charge is -2.25. The fourth-order valence-corrected chi connectivity index (χ4v) is 4.96. The highest BCUT2D eigenvalue weighted by atomic mass is 35.5. The van der Waals surface area contributed by atoms with E-state index in [0.29, 0.717) is 17.1 Å². The molecule has 1 heterocycles. The van der Waals surface area contributed by atoms with Gasteiger partial charge in [-0.25, -0.2) is 8.42 Å². The molecular weight excluding hydrogens is 372 g/mol. The van der Waals surface area contributed by atoms with Crippen molar-refractivity contribution in [3.63, 3.8) is 0 Å². The van der Waals surface area contributed by atoms with Crippen molar-refractivity contribution < 1.29 is 13.2 Å². The number of hydrogen-bond acceptors (Lipinski definition) is 4. The van der Waals surface area contributed by atoms with Crippen LogP contribution in [0.25, 0.3) is 0 Å². The molecule has 0 aliphatic carbocycles. The molecule has 0 bridgehead atoms. The fourth-order valence-electron chi connectivity index (χ4n) is 3.06. The van der Waals surface area contributed by atoms with Gasteiger partial charge in [-0.2, -0.15) is 0 Å². The second-order valence-corrected chi connectivity index (χ2v) is 9.23.